The van der Waals surface area contributed by atoms with Gasteiger partial charge in [0, 0.05) is 12.6 Å². The van der Waals surface area contributed by atoms with Gasteiger partial charge in [-0.25, -0.2) is 8.42 Å². The van der Waals surface area contributed by atoms with Gasteiger partial charge in [0.1, 0.15) is 18.3 Å². The van der Waals surface area contributed by atoms with Crippen LogP contribution in [0.4, 0.5) is 5.69 Å². The van der Waals surface area contributed by atoms with Crippen molar-refractivity contribution in [3.05, 3.63) is 89.5 Å². The normalized spacial score (nSPS) is 12.7. The maximum atomic E-state index is 14.2. The number of carbonyl (C=O) groups excluding carboxylic acids is 2. The van der Waals surface area contributed by atoms with Gasteiger partial charge < -0.3 is 15.0 Å². The van der Waals surface area contributed by atoms with Crippen molar-refractivity contribution in [3.63, 3.8) is 0 Å². The number of nitrogens with one attached hydrogen (secondary N) is 1. The zero-order valence-electron chi connectivity index (χ0n) is 24.8. The quantitative estimate of drug-likeness (QED) is 0.299. The summed E-state index contributed by atoms with van der Waals surface area (Å²) in [6.45, 7) is 9.19. The summed E-state index contributed by atoms with van der Waals surface area (Å²) in [5.41, 5.74) is 2.99. The number of methoxy groups -OCH3 is 1. The molecular weight excluding hydrogens is 538 g/mol. The second-order valence-corrected chi connectivity index (χ2v) is 12.0. The van der Waals surface area contributed by atoms with Gasteiger partial charge in [-0.2, -0.15) is 0 Å². The van der Waals surface area contributed by atoms with E-state index < -0.39 is 28.5 Å². The molecule has 0 unspecified atom stereocenters. The number of rotatable bonds is 13. The van der Waals surface area contributed by atoms with Crippen LogP contribution in [-0.4, -0.2) is 50.9 Å². The third-order valence-corrected chi connectivity index (χ3v) is 9.00. The van der Waals surface area contributed by atoms with Gasteiger partial charge in [-0.15, -0.1) is 0 Å². The van der Waals surface area contributed by atoms with Gasteiger partial charge in [-0.1, -0.05) is 67.9 Å². The minimum atomic E-state index is -4.18. The molecule has 3 aromatic carbocycles. The number of ether oxygens (including phenoxy) is 1. The summed E-state index contributed by atoms with van der Waals surface area (Å²) in [7, 11) is -2.73. The predicted octanol–water partition coefficient (Wildman–Crippen LogP) is 5.23. The van der Waals surface area contributed by atoms with Crippen LogP contribution in [0.25, 0.3) is 0 Å². The number of amides is 2. The Morgan fingerprint density at radius 1 is 0.902 bits per heavy atom. The van der Waals surface area contributed by atoms with E-state index in [1.807, 2.05) is 58.9 Å². The molecule has 0 heterocycles. The van der Waals surface area contributed by atoms with E-state index >= 15 is 0 Å². The van der Waals surface area contributed by atoms with E-state index in [4.69, 9.17) is 4.74 Å². The third kappa shape index (κ3) is 7.67. The van der Waals surface area contributed by atoms with Crippen molar-refractivity contribution < 1.29 is 22.7 Å². The number of hydrogen-bond donors (Lipinski definition) is 1. The number of hydrogen-bond acceptors (Lipinski definition) is 5. The fourth-order valence-electron chi connectivity index (χ4n) is 4.52. The largest absolute Gasteiger partial charge is 0.495 e. The highest BCUT2D eigenvalue weighted by Crippen LogP contribution is 2.32. The molecule has 2 atom stereocenters. The Morgan fingerprint density at radius 2 is 1.54 bits per heavy atom. The van der Waals surface area contributed by atoms with Crippen LogP contribution in [0, 0.1) is 13.8 Å². The predicted molar refractivity (Wildman–Crippen MR) is 162 cm³/mol. The fourth-order valence-corrected chi connectivity index (χ4v) is 5.94. The van der Waals surface area contributed by atoms with Gasteiger partial charge in [-0.05, 0) is 69.0 Å². The van der Waals surface area contributed by atoms with E-state index in [0.717, 1.165) is 27.4 Å². The van der Waals surface area contributed by atoms with E-state index in [9.17, 15) is 18.0 Å². The molecule has 1 N–H and O–H groups in total. The topological polar surface area (TPSA) is 96.0 Å². The van der Waals surface area contributed by atoms with Crippen LogP contribution in [-0.2, 0) is 26.2 Å². The fraction of sp³-hybridized carbons (Fsp3) is 0.375. The van der Waals surface area contributed by atoms with Gasteiger partial charge in [0.2, 0.25) is 11.8 Å². The Morgan fingerprint density at radius 3 is 2.15 bits per heavy atom. The number of nitrogens with zero attached hydrogens (tertiary/aromatic N) is 2. The standard InChI is InChI=1S/C32H41N3O5S/c1-7-25(5)33-32(37)28(8-2)34(21-26-14-10-9-13-24(26)4)31(36)22-35(29-15-11-12-16-30(29)40-6)41(38,39)27-19-17-23(3)18-20-27/h9-20,25,28H,7-8,21-22H2,1-6H3,(H,33,37)/t25-,28-/m0/s1. The minimum absolute atomic E-state index is 0.0498. The second-order valence-electron chi connectivity index (χ2n) is 10.2. The van der Waals surface area contributed by atoms with Gasteiger partial charge in [0.15, 0.2) is 0 Å². The zero-order chi connectivity index (χ0) is 30.2. The Labute approximate surface area is 244 Å². The van der Waals surface area contributed by atoms with Crippen molar-refractivity contribution in [2.45, 2.75) is 71.0 Å². The number of sulfonamides is 1. The Kier molecular flexibility index (Phi) is 10.9. The molecule has 41 heavy (non-hydrogen) atoms. The van der Waals surface area contributed by atoms with Crippen LogP contribution in [0.3, 0.4) is 0 Å². The SMILES string of the molecule is CC[C@H](C)NC(=O)[C@H](CC)N(Cc1ccccc1C)C(=O)CN(c1ccccc1OC)S(=O)(=O)c1ccc(C)cc1. The molecule has 0 radical (unpaired) electrons. The highest BCUT2D eigenvalue weighted by atomic mass is 32.2. The number of anilines is 1. The first kappa shape index (κ1) is 31.7. The maximum absolute atomic E-state index is 14.2. The molecule has 0 bridgehead atoms. The molecule has 2 amide bonds. The third-order valence-electron chi connectivity index (χ3n) is 7.23. The molecule has 0 aliphatic carbocycles. The molecule has 8 nitrogen and oxygen atoms in total. The maximum Gasteiger partial charge on any atom is 0.264 e. The smallest absolute Gasteiger partial charge is 0.264 e. The Hall–Kier alpha value is -3.85. The lowest BCUT2D eigenvalue weighted by Crippen LogP contribution is -2.53. The van der Waals surface area contributed by atoms with Crippen molar-refractivity contribution in [1.82, 2.24) is 10.2 Å². The average Bonchev–Trinajstić information content (AvgIpc) is 2.96. The number of para-hydroxylation sites is 2. The molecule has 220 valence electrons. The van der Waals surface area contributed by atoms with Crippen LogP contribution in [0.2, 0.25) is 0 Å². The number of carbonyl (C=O) groups is 2. The van der Waals surface area contributed by atoms with E-state index in [0.29, 0.717) is 12.2 Å². The van der Waals surface area contributed by atoms with E-state index in [2.05, 4.69) is 5.32 Å². The molecule has 0 aromatic heterocycles. The van der Waals surface area contributed by atoms with Crippen LogP contribution < -0.4 is 14.4 Å². The molecule has 0 fully saturated rings. The van der Waals surface area contributed by atoms with Crippen molar-refractivity contribution in [2.24, 2.45) is 0 Å². The Bertz CT molecular complexity index is 1440. The van der Waals surface area contributed by atoms with Crippen LogP contribution in [0.5, 0.6) is 5.75 Å². The van der Waals surface area contributed by atoms with E-state index in [-0.39, 0.29) is 29.1 Å². The molecular formula is C32H41N3O5S. The second kappa shape index (κ2) is 14.2. The molecule has 0 saturated heterocycles. The lowest BCUT2D eigenvalue weighted by Gasteiger charge is -2.34. The summed E-state index contributed by atoms with van der Waals surface area (Å²) < 4.78 is 34.7. The molecule has 0 spiro atoms. The first-order valence-electron chi connectivity index (χ1n) is 13.9. The summed E-state index contributed by atoms with van der Waals surface area (Å²) in [5.74, 6) is -0.460. The minimum Gasteiger partial charge on any atom is -0.495 e. The monoisotopic (exact) mass is 579 g/mol. The summed E-state index contributed by atoms with van der Waals surface area (Å²) in [6, 6.07) is 20.0. The van der Waals surface area contributed by atoms with Gasteiger partial charge in [-0.3, -0.25) is 13.9 Å². The molecule has 0 aliphatic heterocycles. The highest BCUT2D eigenvalue weighted by molar-refractivity contribution is 7.92. The average molecular weight is 580 g/mol. The Balaban J connectivity index is 2.11. The van der Waals surface area contributed by atoms with Crippen molar-refractivity contribution >= 4 is 27.5 Å². The lowest BCUT2D eigenvalue weighted by molar-refractivity contribution is -0.140. The molecule has 3 aromatic rings. The van der Waals surface area contributed by atoms with Crippen molar-refractivity contribution in [3.8, 4) is 5.75 Å². The number of aryl methyl sites for hydroxylation is 2. The molecule has 0 saturated carbocycles. The van der Waals surface area contributed by atoms with Gasteiger partial charge >= 0.3 is 0 Å². The summed E-state index contributed by atoms with van der Waals surface area (Å²) in [6.07, 6.45) is 1.10. The van der Waals surface area contributed by atoms with Crippen LogP contribution >= 0.6 is 0 Å². The first-order valence-corrected chi connectivity index (χ1v) is 15.3. The first-order chi connectivity index (χ1) is 19.5. The zero-order valence-corrected chi connectivity index (χ0v) is 25.6. The number of benzene rings is 3. The summed E-state index contributed by atoms with van der Waals surface area (Å²) in [4.78, 5) is 29.2. The highest BCUT2D eigenvalue weighted by Gasteiger charge is 2.35. The van der Waals surface area contributed by atoms with Crippen molar-refractivity contribution in [1.29, 1.82) is 0 Å². The van der Waals surface area contributed by atoms with Gasteiger partial charge in [0.05, 0.1) is 17.7 Å². The lowest BCUT2D eigenvalue weighted by atomic mass is 10.1. The van der Waals surface area contributed by atoms with Gasteiger partial charge in [0.25, 0.3) is 10.0 Å². The molecule has 9 heteroatoms. The van der Waals surface area contributed by atoms with Crippen LogP contribution in [0.1, 0.15) is 50.3 Å². The van der Waals surface area contributed by atoms with E-state index in [1.54, 1.807) is 36.4 Å². The molecule has 3 rings (SSSR count). The van der Waals surface area contributed by atoms with Crippen molar-refractivity contribution in [2.75, 3.05) is 18.0 Å². The van der Waals surface area contributed by atoms with Crippen LogP contribution in [0.15, 0.2) is 77.7 Å². The summed E-state index contributed by atoms with van der Waals surface area (Å²) >= 11 is 0. The van der Waals surface area contributed by atoms with E-state index in [1.165, 1.54) is 24.1 Å². The summed E-state index contributed by atoms with van der Waals surface area (Å²) in [5, 5.41) is 3.00. The molecule has 0 aliphatic rings.